The molecule has 1 aromatic heterocycles. The van der Waals surface area contributed by atoms with Crippen LogP contribution in [0.3, 0.4) is 0 Å². The second kappa shape index (κ2) is 8.61. The molecule has 0 saturated heterocycles. The van der Waals surface area contributed by atoms with Crippen LogP contribution in [0.25, 0.3) is 22.2 Å². The maximum Gasteiger partial charge on any atom is 0.211 e. The van der Waals surface area contributed by atoms with Crippen molar-refractivity contribution in [3.05, 3.63) is 94.0 Å². The van der Waals surface area contributed by atoms with Crippen molar-refractivity contribution in [1.82, 2.24) is 4.98 Å². The Morgan fingerprint density at radius 3 is 2.10 bits per heavy atom. The predicted molar refractivity (Wildman–Crippen MR) is 126 cm³/mol. The van der Waals surface area contributed by atoms with Crippen LogP contribution in [0.1, 0.15) is 11.1 Å². The molecule has 0 aliphatic carbocycles. The van der Waals surface area contributed by atoms with E-state index >= 15 is 0 Å². The van der Waals surface area contributed by atoms with Crippen molar-refractivity contribution in [3.63, 3.8) is 0 Å². The van der Waals surface area contributed by atoms with Crippen LogP contribution >= 0.6 is 23.2 Å². The molecular formula is C23H19Cl2N5. The SMILES string of the molecule is NC(N)=NN=C(Cc1ccc(Cl)cc1)c1c(-c2ccc(Cl)cc2)[nH]c2ccccc12. The molecule has 0 amide bonds. The molecule has 5 N–H and O–H groups in total. The average molecular weight is 436 g/mol. The Bertz CT molecular complexity index is 1240. The van der Waals surface area contributed by atoms with Crippen LogP contribution in [0.5, 0.6) is 0 Å². The van der Waals surface area contributed by atoms with E-state index < -0.39 is 0 Å². The number of nitrogens with two attached hydrogens (primary N) is 2. The molecule has 0 aliphatic rings. The summed E-state index contributed by atoms with van der Waals surface area (Å²) in [7, 11) is 0. The average Bonchev–Trinajstić information content (AvgIpc) is 3.12. The van der Waals surface area contributed by atoms with Gasteiger partial charge in [-0.3, -0.25) is 0 Å². The molecule has 0 bridgehead atoms. The molecule has 0 saturated carbocycles. The normalized spacial score (nSPS) is 11.6. The first-order valence-electron chi connectivity index (χ1n) is 9.28. The Labute approximate surface area is 184 Å². The van der Waals surface area contributed by atoms with E-state index in [1.807, 2.05) is 72.8 Å². The molecular weight excluding hydrogens is 417 g/mol. The summed E-state index contributed by atoms with van der Waals surface area (Å²) >= 11 is 12.1. The zero-order valence-electron chi connectivity index (χ0n) is 15.9. The largest absolute Gasteiger partial charge is 0.369 e. The molecule has 0 radical (unpaired) electrons. The van der Waals surface area contributed by atoms with E-state index in [1.54, 1.807) is 0 Å². The van der Waals surface area contributed by atoms with E-state index in [1.165, 1.54) is 0 Å². The molecule has 7 heteroatoms. The number of hydrogen-bond acceptors (Lipinski definition) is 2. The van der Waals surface area contributed by atoms with Gasteiger partial charge in [0.25, 0.3) is 0 Å². The lowest BCUT2D eigenvalue weighted by atomic mass is 9.96. The number of fused-ring (bicyclic) bond motifs is 1. The fourth-order valence-corrected chi connectivity index (χ4v) is 3.61. The predicted octanol–water partition coefficient (Wildman–Crippen LogP) is 5.36. The summed E-state index contributed by atoms with van der Waals surface area (Å²) in [5.74, 6) is -0.100. The number of H-pyrrole nitrogens is 1. The maximum absolute atomic E-state index is 6.09. The number of aromatic amines is 1. The molecule has 0 aliphatic heterocycles. The minimum atomic E-state index is -0.100. The lowest BCUT2D eigenvalue weighted by Gasteiger charge is -2.09. The Balaban J connectivity index is 1.92. The molecule has 5 nitrogen and oxygen atoms in total. The molecule has 150 valence electrons. The van der Waals surface area contributed by atoms with Crippen LogP contribution in [-0.4, -0.2) is 16.7 Å². The van der Waals surface area contributed by atoms with Gasteiger partial charge in [-0.05, 0) is 41.5 Å². The van der Waals surface area contributed by atoms with Gasteiger partial charge in [0.2, 0.25) is 5.96 Å². The summed E-state index contributed by atoms with van der Waals surface area (Å²) in [5, 5.41) is 10.7. The van der Waals surface area contributed by atoms with Crippen molar-refractivity contribution in [2.45, 2.75) is 6.42 Å². The Morgan fingerprint density at radius 2 is 1.43 bits per heavy atom. The van der Waals surface area contributed by atoms with Gasteiger partial charge in [-0.1, -0.05) is 65.7 Å². The van der Waals surface area contributed by atoms with Crippen LogP contribution in [0.4, 0.5) is 0 Å². The summed E-state index contributed by atoms with van der Waals surface area (Å²) in [6.07, 6.45) is 0.524. The van der Waals surface area contributed by atoms with Crippen LogP contribution in [0.15, 0.2) is 83.0 Å². The minimum Gasteiger partial charge on any atom is -0.369 e. The molecule has 0 spiro atoms. The molecule has 30 heavy (non-hydrogen) atoms. The summed E-state index contributed by atoms with van der Waals surface area (Å²) in [5.41, 5.74) is 16.7. The van der Waals surface area contributed by atoms with Gasteiger partial charge in [-0.15, -0.1) is 5.10 Å². The van der Waals surface area contributed by atoms with Crippen LogP contribution in [0.2, 0.25) is 10.0 Å². The van der Waals surface area contributed by atoms with Crippen molar-refractivity contribution in [3.8, 4) is 11.3 Å². The maximum atomic E-state index is 6.09. The van der Waals surface area contributed by atoms with Gasteiger partial charge in [-0.2, -0.15) is 5.10 Å². The highest BCUT2D eigenvalue weighted by Crippen LogP contribution is 2.32. The molecule has 0 fully saturated rings. The van der Waals surface area contributed by atoms with Crippen molar-refractivity contribution in [2.75, 3.05) is 0 Å². The lowest BCUT2D eigenvalue weighted by molar-refractivity contribution is 1.17. The number of nitrogens with zero attached hydrogens (tertiary/aromatic N) is 2. The van der Waals surface area contributed by atoms with Crippen LogP contribution < -0.4 is 11.5 Å². The Morgan fingerprint density at radius 1 is 0.800 bits per heavy atom. The fraction of sp³-hybridized carbons (Fsp3) is 0.0435. The zero-order valence-corrected chi connectivity index (χ0v) is 17.5. The number of nitrogens with one attached hydrogen (secondary N) is 1. The summed E-state index contributed by atoms with van der Waals surface area (Å²) < 4.78 is 0. The highest BCUT2D eigenvalue weighted by atomic mass is 35.5. The van der Waals surface area contributed by atoms with Gasteiger partial charge in [0.1, 0.15) is 0 Å². The molecule has 1 heterocycles. The summed E-state index contributed by atoms with van der Waals surface area (Å²) in [6.45, 7) is 0. The number of hydrogen-bond donors (Lipinski definition) is 3. The topological polar surface area (TPSA) is 92.6 Å². The molecule has 4 rings (SSSR count). The van der Waals surface area contributed by atoms with Crippen molar-refractivity contribution in [2.24, 2.45) is 21.7 Å². The van der Waals surface area contributed by atoms with E-state index in [0.717, 1.165) is 39.0 Å². The van der Waals surface area contributed by atoms with E-state index in [4.69, 9.17) is 34.7 Å². The third-order valence-electron chi connectivity index (χ3n) is 4.70. The van der Waals surface area contributed by atoms with Crippen LogP contribution in [0, 0.1) is 0 Å². The van der Waals surface area contributed by atoms with E-state index in [-0.39, 0.29) is 5.96 Å². The van der Waals surface area contributed by atoms with Gasteiger partial charge < -0.3 is 16.5 Å². The van der Waals surface area contributed by atoms with E-state index in [9.17, 15) is 0 Å². The number of guanidine groups is 1. The molecule has 0 atom stereocenters. The number of aromatic nitrogens is 1. The quantitative estimate of drug-likeness (QED) is 0.223. The van der Waals surface area contributed by atoms with Gasteiger partial charge in [0, 0.05) is 32.9 Å². The number of rotatable bonds is 5. The second-order valence-electron chi connectivity index (χ2n) is 6.80. The highest BCUT2D eigenvalue weighted by Gasteiger charge is 2.19. The third kappa shape index (κ3) is 4.32. The molecule has 0 unspecified atom stereocenters. The Kier molecular flexibility index (Phi) is 5.74. The first-order valence-corrected chi connectivity index (χ1v) is 10.0. The number of halogens is 2. The van der Waals surface area contributed by atoms with Gasteiger partial charge in [-0.25, -0.2) is 0 Å². The standard InChI is InChI=1S/C23H19Cl2N5/c24-16-9-5-14(6-10-16)13-20(29-30-23(26)27)21-18-3-1-2-4-19(18)28-22(21)15-7-11-17(25)12-8-15/h1-12,28H,13H2,(H4,26,27,30). The first-order chi connectivity index (χ1) is 14.5. The number of para-hydroxylation sites is 1. The molecule has 4 aromatic rings. The number of benzene rings is 3. The zero-order chi connectivity index (χ0) is 21.1. The van der Waals surface area contributed by atoms with Crippen LogP contribution in [-0.2, 0) is 6.42 Å². The lowest BCUT2D eigenvalue weighted by Crippen LogP contribution is -2.22. The first kappa shape index (κ1) is 20.0. The van der Waals surface area contributed by atoms with Gasteiger partial charge in [0.05, 0.1) is 11.4 Å². The summed E-state index contributed by atoms with van der Waals surface area (Å²) in [4.78, 5) is 3.51. The Hall–Kier alpha value is -3.28. The van der Waals surface area contributed by atoms with Crippen molar-refractivity contribution >= 4 is 45.8 Å². The monoisotopic (exact) mass is 435 g/mol. The second-order valence-corrected chi connectivity index (χ2v) is 7.68. The summed E-state index contributed by atoms with van der Waals surface area (Å²) in [6, 6.07) is 23.3. The molecule has 3 aromatic carbocycles. The minimum absolute atomic E-state index is 0.100. The highest BCUT2D eigenvalue weighted by molar-refractivity contribution is 6.31. The van der Waals surface area contributed by atoms with E-state index in [2.05, 4.69) is 15.2 Å². The smallest absolute Gasteiger partial charge is 0.211 e. The van der Waals surface area contributed by atoms with Gasteiger partial charge in [0.15, 0.2) is 0 Å². The van der Waals surface area contributed by atoms with Gasteiger partial charge >= 0.3 is 0 Å². The van der Waals surface area contributed by atoms with Crippen molar-refractivity contribution in [1.29, 1.82) is 0 Å². The van der Waals surface area contributed by atoms with E-state index in [0.29, 0.717) is 16.5 Å². The third-order valence-corrected chi connectivity index (χ3v) is 5.20. The fourth-order valence-electron chi connectivity index (χ4n) is 3.36. The van der Waals surface area contributed by atoms with Crippen molar-refractivity contribution < 1.29 is 0 Å².